The van der Waals surface area contributed by atoms with Crippen LogP contribution in [0.3, 0.4) is 0 Å². The van der Waals surface area contributed by atoms with Gasteiger partial charge in [-0.05, 0) is 62.0 Å². The Hall–Kier alpha value is -2.26. The lowest BCUT2D eigenvalue weighted by molar-refractivity contribution is -0.221. The smallest absolute Gasteiger partial charge is 0.375 e. The fourth-order valence-corrected chi connectivity index (χ4v) is 8.35. The van der Waals surface area contributed by atoms with Gasteiger partial charge in [-0.3, -0.25) is 9.59 Å². The van der Waals surface area contributed by atoms with Gasteiger partial charge in [-0.25, -0.2) is 13.6 Å². The summed E-state index contributed by atoms with van der Waals surface area (Å²) in [6, 6.07) is 2.91. The number of allylic oxidation sites excluding steroid dienone is 4. The van der Waals surface area contributed by atoms with Crippen LogP contribution in [0.25, 0.3) is 0 Å². The van der Waals surface area contributed by atoms with Crippen LogP contribution in [0.4, 0.5) is 8.78 Å². The molecule has 0 bridgehead atoms. The number of aliphatic hydroxyl groups excluding tert-OH is 1. The molecule has 4 aliphatic rings. The molecular weight excluding hydrogens is 478 g/mol. The van der Waals surface area contributed by atoms with E-state index in [-0.39, 0.29) is 30.6 Å². The Morgan fingerprint density at radius 3 is 2.60 bits per heavy atom. The van der Waals surface area contributed by atoms with Crippen molar-refractivity contribution in [2.75, 3.05) is 0 Å². The predicted molar refractivity (Wildman–Crippen MR) is 124 cm³/mol. The van der Waals surface area contributed by atoms with E-state index in [4.69, 9.17) is 9.15 Å². The summed E-state index contributed by atoms with van der Waals surface area (Å²) < 4.78 is 43.8. The third-order valence-electron chi connectivity index (χ3n) is 9.46. The Bertz CT molecular complexity index is 1160. The lowest BCUT2D eigenvalue weighted by Gasteiger charge is -2.63. The first-order chi connectivity index (χ1) is 16.3. The van der Waals surface area contributed by atoms with Gasteiger partial charge >= 0.3 is 5.97 Å². The van der Waals surface area contributed by atoms with Gasteiger partial charge in [0.1, 0.15) is 6.17 Å². The van der Waals surface area contributed by atoms with Crippen LogP contribution in [0.1, 0.15) is 50.6 Å². The highest BCUT2D eigenvalue weighted by Crippen LogP contribution is 2.71. The van der Waals surface area contributed by atoms with Crippen molar-refractivity contribution < 1.29 is 37.4 Å². The van der Waals surface area contributed by atoms with Crippen LogP contribution in [0.5, 0.6) is 0 Å². The zero-order chi connectivity index (χ0) is 25.6. The van der Waals surface area contributed by atoms with Gasteiger partial charge in [0.25, 0.3) is 0 Å². The molecule has 0 radical (unpaired) electrons. The van der Waals surface area contributed by atoms with Crippen molar-refractivity contribution in [1.82, 2.24) is 0 Å². The van der Waals surface area contributed by atoms with E-state index in [2.05, 4.69) is 12.6 Å². The molecule has 35 heavy (non-hydrogen) atoms. The number of fused-ring (bicyclic) bond motifs is 5. The van der Waals surface area contributed by atoms with Crippen LogP contribution >= 0.6 is 12.6 Å². The number of halogens is 2. The van der Waals surface area contributed by atoms with E-state index in [1.165, 1.54) is 37.5 Å². The van der Waals surface area contributed by atoms with Crippen molar-refractivity contribution in [1.29, 1.82) is 0 Å². The third kappa shape index (κ3) is 2.88. The Kier molecular flexibility index (Phi) is 5.32. The standard InChI is InChI=1S/C26H28F2O6S/c1-13-9-15-16-11-18(27)17-10-14(29)6-7-23(17,2)25(16,28)20(30)12-24(15,3)26(13,22(32)35)34-21(31)19-5-4-8-33-19/h4-8,10,13,15-16,18,20,30H,9,11-12H2,1-3H3,(H,32,35)/t13?,15?,16?,18?,20?,23-,24-,25?,26?/m0/s1. The molecule has 188 valence electrons. The fourth-order valence-electron chi connectivity index (χ4n) is 7.83. The molecule has 0 saturated heterocycles. The molecule has 1 aromatic heterocycles. The summed E-state index contributed by atoms with van der Waals surface area (Å²) in [7, 11) is 0. The molecule has 1 heterocycles. The molecule has 6 nitrogen and oxygen atoms in total. The number of thiol groups is 1. The average Bonchev–Trinajstić information content (AvgIpc) is 3.39. The van der Waals surface area contributed by atoms with Crippen molar-refractivity contribution in [3.8, 4) is 0 Å². The predicted octanol–water partition coefficient (Wildman–Crippen LogP) is 4.20. The molecule has 1 N–H and O–H groups in total. The largest absolute Gasteiger partial charge is 0.457 e. The van der Waals surface area contributed by atoms with E-state index in [1.54, 1.807) is 13.8 Å². The van der Waals surface area contributed by atoms with Crippen LogP contribution in [0.2, 0.25) is 0 Å². The van der Waals surface area contributed by atoms with E-state index in [9.17, 15) is 19.5 Å². The Balaban J connectivity index is 1.62. The first kappa shape index (κ1) is 24.4. The number of carbonyl (C=O) groups is 3. The average molecular weight is 507 g/mol. The summed E-state index contributed by atoms with van der Waals surface area (Å²) in [5.74, 6) is -3.57. The molecule has 5 rings (SSSR count). The third-order valence-corrected chi connectivity index (χ3v) is 9.79. The van der Waals surface area contributed by atoms with E-state index in [0.717, 1.165) is 6.08 Å². The minimum Gasteiger partial charge on any atom is -0.457 e. The van der Waals surface area contributed by atoms with Gasteiger partial charge in [0.2, 0.25) is 10.9 Å². The second-order valence-electron chi connectivity index (χ2n) is 10.9. The number of hydrogen-bond donors (Lipinski definition) is 2. The van der Waals surface area contributed by atoms with E-state index in [1.807, 2.05) is 0 Å². The minimum absolute atomic E-state index is 0.0261. The van der Waals surface area contributed by atoms with Crippen molar-refractivity contribution >= 4 is 29.5 Å². The van der Waals surface area contributed by atoms with Crippen LogP contribution in [0, 0.1) is 28.6 Å². The van der Waals surface area contributed by atoms with Gasteiger partial charge in [-0.15, -0.1) is 12.6 Å². The molecule has 0 spiro atoms. The quantitative estimate of drug-likeness (QED) is 0.472. The van der Waals surface area contributed by atoms with Gasteiger partial charge in [0, 0.05) is 22.7 Å². The van der Waals surface area contributed by atoms with Crippen LogP contribution in [0.15, 0.2) is 46.6 Å². The van der Waals surface area contributed by atoms with Crippen molar-refractivity contribution in [2.24, 2.45) is 28.6 Å². The van der Waals surface area contributed by atoms with Crippen LogP contribution < -0.4 is 0 Å². The Morgan fingerprint density at radius 2 is 1.97 bits per heavy atom. The number of rotatable bonds is 3. The van der Waals surface area contributed by atoms with Crippen LogP contribution in [-0.2, 0) is 14.3 Å². The number of aliphatic hydroxyl groups is 1. The number of esters is 1. The van der Waals surface area contributed by atoms with Gasteiger partial charge in [-0.2, -0.15) is 0 Å². The summed E-state index contributed by atoms with van der Waals surface area (Å²) >= 11 is 4.11. The van der Waals surface area contributed by atoms with E-state index < -0.39 is 69.0 Å². The highest BCUT2D eigenvalue weighted by molar-refractivity contribution is 7.96. The molecule has 0 amide bonds. The van der Waals surface area contributed by atoms with Crippen molar-refractivity contribution in [3.63, 3.8) is 0 Å². The summed E-state index contributed by atoms with van der Waals surface area (Å²) in [5.41, 5.74) is -6.80. The topological polar surface area (TPSA) is 93.8 Å². The van der Waals surface area contributed by atoms with Crippen molar-refractivity contribution in [3.05, 3.63) is 48.0 Å². The zero-order valence-electron chi connectivity index (χ0n) is 19.7. The number of hydrogen-bond acceptors (Lipinski definition) is 6. The molecule has 4 aliphatic carbocycles. The Labute approximate surface area is 207 Å². The summed E-state index contributed by atoms with van der Waals surface area (Å²) in [5, 5.41) is 10.7. The highest BCUT2D eigenvalue weighted by Gasteiger charge is 2.78. The maximum atomic E-state index is 17.3. The number of ether oxygens (including phenoxy) is 1. The van der Waals surface area contributed by atoms with Crippen LogP contribution in [-0.4, -0.2) is 45.5 Å². The first-order valence-electron chi connectivity index (χ1n) is 11.8. The normalized spacial score (nSPS) is 46.3. The Morgan fingerprint density at radius 1 is 1.26 bits per heavy atom. The molecule has 1 aromatic rings. The maximum Gasteiger partial charge on any atom is 0.375 e. The molecule has 9 heteroatoms. The highest BCUT2D eigenvalue weighted by atomic mass is 32.1. The molecule has 9 atom stereocenters. The number of carbonyl (C=O) groups excluding carboxylic acids is 3. The van der Waals surface area contributed by atoms with E-state index in [0.29, 0.717) is 0 Å². The minimum atomic E-state index is -2.29. The fraction of sp³-hybridized carbons (Fsp3) is 0.577. The van der Waals surface area contributed by atoms with Gasteiger partial charge in [-0.1, -0.05) is 19.9 Å². The van der Waals surface area contributed by atoms with E-state index >= 15 is 8.78 Å². The second-order valence-corrected chi connectivity index (χ2v) is 11.3. The lowest BCUT2D eigenvalue weighted by atomic mass is 9.44. The molecule has 0 aliphatic heterocycles. The molecule has 3 saturated carbocycles. The van der Waals surface area contributed by atoms with Gasteiger partial charge < -0.3 is 14.3 Å². The number of ketones is 1. The molecule has 7 unspecified atom stereocenters. The second kappa shape index (κ2) is 7.62. The molecule has 3 fully saturated rings. The summed E-state index contributed by atoms with van der Waals surface area (Å²) in [6.07, 6.45) is 1.58. The summed E-state index contributed by atoms with van der Waals surface area (Å²) in [6.45, 7) is 4.93. The maximum absolute atomic E-state index is 17.3. The first-order valence-corrected chi connectivity index (χ1v) is 12.2. The SMILES string of the molecule is CC1CC2C3CC(F)C4=CC(=O)C=C[C@]4(C)C3(F)C(O)C[C@]2(C)C1(OC(=O)c1ccco1)C(=O)S. The molecular formula is C26H28F2O6S. The zero-order valence-corrected chi connectivity index (χ0v) is 20.6. The number of alkyl halides is 2. The van der Waals surface area contributed by atoms with Crippen molar-refractivity contribution in [2.45, 2.75) is 63.6 Å². The number of furan rings is 1. The lowest BCUT2D eigenvalue weighted by Crippen LogP contribution is -2.70. The monoisotopic (exact) mass is 506 g/mol. The summed E-state index contributed by atoms with van der Waals surface area (Å²) in [4.78, 5) is 38.0. The van der Waals surface area contributed by atoms with Gasteiger partial charge in [0.15, 0.2) is 17.1 Å². The molecule has 0 aromatic carbocycles. The van der Waals surface area contributed by atoms with Gasteiger partial charge in [0.05, 0.1) is 12.4 Å².